The van der Waals surface area contributed by atoms with Crippen LogP contribution >= 0.6 is 0 Å². The second-order valence-corrected chi connectivity index (χ2v) is 26.6. The van der Waals surface area contributed by atoms with Gasteiger partial charge >= 0.3 is 0 Å². The van der Waals surface area contributed by atoms with Crippen molar-refractivity contribution >= 4 is 83.5 Å². The van der Waals surface area contributed by atoms with Crippen molar-refractivity contribution in [2.24, 2.45) is 0 Å². The largest absolute Gasteiger partial charge is 0.304 e. The van der Waals surface area contributed by atoms with E-state index in [0.29, 0.717) is 0 Å². The molecule has 0 saturated heterocycles. The summed E-state index contributed by atoms with van der Waals surface area (Å²) in [6, 6.07) is 94.7. The van der Waals surface area contributed by atoms with Crippen LogP contribution in [0.25, 0.3) is 139 Å². The molecule has 0 aliphatic carbocycles. The van der Waals surface area contributed by atoms with E-state index in [4.69, 9.17) is 15.0 Å². The summed E-state index contributed by atoms with van der Waals surface area (Å²) in [4.78, 5) is 14.9. The van der Waals surface area contributed by atoms with Crippen molar-refractivity contribution in [1.82, 2.24) is 41.9 Å². The van der Waals surface area contributed by atoms with Crippen molar-refractivity contribution in [3.8, 4) is 55.6 Å². The fraction of sp³-hybridized carbons (Fsp3) is 0.148. The molecule has 17 rings (SSSR count). The lowest BCUT2D eigenvalue weighted by molar-refractivity contribution is 0.418. The first kappa shape index (κ1) is 55.8. The van der Waals surface area contributed by atoms with Crippen molar-refractivity contribution in [3.05, 3.63) is 267 Å². The minimum Gasteiger partial charge on any atom is -0.304 e. The number of benzene rings is 11. The fourth-order valence-electron chi connectivity index (χ4n) is 13.3. The quantitative estimate of drug-likeness (QED) is 0.172. The molecule has 0 saturated carbocycles. The Kier molecular flexibility index (Phi) is 13.3. The number of hydrogen-bond donors (Lipinski definition) is 0. The first-order valence-electron chi connectivity index (χ1n) is 31.2. The van der Waals surface area contributed by atoms with E-state index >= 15 is 0 Å². The SMILES string of the molecule is CC(C)(C)n1c2ccc(-c3ccc(-c4ccccc4)cc3)cc2n2c3ccccc3nc12.CC(C)(C)n1c2ccc(-c3cccc(-c4ccccc4)c3)cc2n2c3ccccc3nc12.CC(C)(C)n1c2ccc(-c3ccccc3)cc2n2c3ccccc3nc12. The molecule has 90 heavy (non-hydrogen) atoms. The lowest BCUT2D eigenvalue weighted by Crippen LogP contribution is -2.21. The Labute approximate surface area is 524 Å². The second-order valence-electron chi connectivity index (χ2n) is 26.6. The lowest BCUT2D eigenvalue weighted by Gasteiger charge is -2.22. The van der Waals surface area contributed by atoms with Gasteiger partial charge in [-0.05, 0) is 197 Å². The van der Waals surface area contributed by atoms with Crippen molar-refractivity contribution in [2.45, 2.75) is 78.9 Å². The minimum atomic E-state index is -0.0842. The number of aromatic nitrogens is 9. The molecule has 0 fully saturated rings. The maximum atomic E-state index is 5.00. The highest BCUT2D eigenvalue weighted by molar-refractivity contribution is 5.96. The van der Waals surface area contributed by atoms with Gasteiger partial charge in [0.15, 0.2) is 0 Å². The van der Waals surface area contributed by atoms with E-state index in [1.807, 2.05) is 6.07 Å². The standard InChI is InChI=1S/2C29H25N3.C23H21N3/c1-29(2,3)32-26-17-16-23(22-13-9-12-21(18-22)20-10-5-4-6-11-20)19-27(26)31-25-15-8-7-14-24(25)30-28(31)32;1-29(2,3)32-26-18-17-23(22-15-13-21(14-16-22)20-9-5-4-6-10-20)19-27(26)31-25-12-8-7-11-24(25)30-28(31)32;1-23(2,3)26-20-14-13-17(16-9-5-4-6-10-16)15-21(20)25-19-12-8-7-11-18(19)24-22(25)26/h2*4-19H,1-3H3;4-15H,1-3H3. The number of hydrogen-bond acceptors (Lipinski definition) is 3. The van der Waals surface area contributed by atoms with Gasteiger partial charge in [-0.15, -0.1) is 0 Å². The summed E-state index contributed by atoms with van der Waals surface area (Å²) >= 11 is 0. The molecule has 11 aromatic carbocycles. The number of rotatable bonds is 5. The molecule has 0 aliphatic rings. The monoisotopic (exact) mass is 1170 g/mol. The first-order chi connectivity index (χ1) is 43.5. The maximum Gasteiger partial charge on any atom is 0.216 e. The molecular formula is C81H71N9. The molecule has 0 spiro atoms. The number of para-hydroxylation sites is 6. The average Bonchev–Trinajstić information content (AvgIpc) is 1.58. The van der Waals surface area contributed by atoms with Crippen LogP contribution in [-0.2, 0) is 16.6 Å². The third-order valence-corrected chi connectivity index (χ3v) is 17.3. The zero-order valence-electron chi connectivity index (χ0n) is 52.4. The summed E-state index contributed by atoms with van der Waals surface area (Å²) in [6.07, 6.45) is 0. The molecule has 0 aliphatic heterocycles. The zero-order valence-corrected chi connectivity index (χ0v) is 52.4. The maximum absolute atomic E-state index is 5.00. The Hall–Kier alpha value is -10.8. The molecule has 6 aromatic heterocycles. The van der Waals surface area contributed by atoms with E-state index in [2.05, 4.69) is 350 Å². The third-order valence-electron chi connectivity index (χ3n) is 17.3. The van der Waals surface area contributed by atoms with Gasteiger partial charge in [0.1, 0.15) is 0 Å². The molecule has 0 bridgehead atoms. The van der Waals surface area contributed by atoms with Crippen LogP contribution in [-0.4, -0.2) is 41.9 Å². The molecular weight excluding hydrogens is 1100 g/mol. The van der Waals surface area contributed by atoms with Crippen LogP contribution in [0.4, 0.5) is 0 Å². The van der Waals surface area contributed by atoms with E-state index in [-0.39, 0.29) is 16.6 Å². The predicted octanol–water partition coefficient (Wildman–Crippen LogP) is 20.9. The van der Waals surface area contributed by atoms with Gasteiger partial charge in [0.25, 0.3) is 0 Å². The normalized spacial score (nSPS) is 12.3. The van der Waals surface area contributed by atoms with Crippen molar-refractivity contribution in [1.29, 1.82) is 0 Å². The van der Waals surface area contributed by atoms with Crippen LogP contribution in [0.15, 0.2) is 267 Å². The molecule has 6 heterocycles. The summed E-state index contributed by atoms with van der Waals surface area (Å²) < 4.78 is 14.0. The predicted molar refractivity (Wildman–Crippen MR) is 377 cm³/mol. The van der Waals surface area contributed by atoms with E-state index in [1.54, 1.807) is 0 Å². The van der Waals surface area contributed by atoms with Crippen molar-refractivity contribution in [3.63, 3.8) is 0 Å². The highest BCUT2D eigenvalue weighted by Gasteiger charge is 2.27. The summed E-state index contributed by atoms with van der Waals surface area (Å²) in [5, 5.41) is 0. The van der Waals surface area contributed by atoms with Gasteiger partial charge in [-0.2, -0.15) is 0 Å². The Morgan fingerprint density at radius 2 is 0.433 bits per heavy atom. The van der Waals surface area contributed by atoms with E-state index < -0.39 is 0 Å². The van der Waals surface area contributed by atoms with Crippen LogP contribution in [0, 0.1) is 0 Å². The van der Waals surface area contributed by atoms with Gasteiger partial charge in [-0.3, -0.25) is 13.2 Å². The molecule has 0 N–H and O–H groups in total. The molecule has 0 atom stereocenters. The van der Waals surface area contributed by atoms with Crippen LogP contribution < -0.4 is 0 Å². The summed E-state index contributed by atoms with van der Waals surface area (Å²) in [6.45, 7) is 20.1. The third kappa shape index (κ3) is 9.69. The van der Waals surface area contributed by atoms with Gasteiger partial charge < -0.3 is 13.7 Å². The van der Waals surface area contributed by atoms with Gasteiger partial charge in [-0.25, -0.2) is 15.0 Å². The zero-order chi connectivity index (χ0) is 61.6. The summed E-state index contributed by atoms with van der Waals surface area (Å²) in [5.41, 5.74) is 25.8. The topological polar surface area (TPSA) is 66.7 Å². The number of nitrogens with zero attached hydrogens (tertiary/aromatic N) is 9. The highest BCUT2D eigenvalue weighted by atomic mass is 15.3. The first-order valence-corrected chi connectivity index (χ1v) is 31.2. The van der Waals surface area contributed by atoms with Gasteiger partial charge in [0, 0.05) is 16.6 Å². The Morgan fingerprint density at radius 3 is 0.767 bits per heavy atom. The number of imidazole rings is 6. The Morgan fingerprint density at radius 1 is 0.200 bits per heavy atom. The Bertz CT molecular complexity index is 5520. The molecule has 0 radical (unpaired) electrons. The van der Waals surface area contributed by atoms with Gasteiger partial charge in [-0.1, -0.05) is 188 Å². The second kappa shape index (κ2) is 21.5. The van der Waals surface area contributed by atoms with Crippen molar-refractivity contribution < 1.29 is 0 Å². The van der Waals surface area contributed by atoms with Gasteiger partial charge in [0.05, 0.1) is 66.2 Å². The average molecular weight is 1170 g/mol. The fourth-order valence-corrected chi connectivity index (χ4v) is 13.3. The van der Waals surface area contributed by atoms with E-state index in [0.717, 1.165) is 50.4 Å². The molecule has 0 amide bonds. The summed E-state index contributed by atoms with van der Waals surface area (Å²) in [7, 11) is 0. The smallest absolute Gasteiger partial charge is 0.216 e. The van der Waals surface area contributed by atoms with Crippen LogP contribution in [0.2, 0.25) is 0 Å². The highest BCUT2D eigenvalue weighted by Crippen LogP contribution is 2.39. The van der Waals surface area contributed by atoms with E-state index in [9.17, 15) is 0 Å². The van der Waals surface area contributed by atoms with Crippen LogP contribution in [0.3, 0.4) is 0 Å². The van der Waals surface area contributed by atoms with Gasteiger partial charge in [0.2, 0.25) is 17.3 Å². The minimum absolute atomic E-state index is 0.0569. The van der Waals surface area contributed by atoms with E-state index in [1.165, 1.54) is 88.7 Å². The van der Waals surface area contributed by atoms with Crippen LogP contribution in [0.1, 0.15) is 62.3 Å². The Balaban J connectivity index is 0.000000113. The van der Waals surface area contributed by atoms with Crippen LogP contribution in [0.5, 0.6) is 0 Å². The molecule has 9 nitrogen and oxygen atoms in total. The molecule has 0 unspecified atom stereocenters. The molecule has 9 heteroatoms. The summed E-state index contributed by atoms with van der Waals surface area (Å²) in [5.74, 6) is 2.98. The van der Waals surface area contributed by atoms with Crippen molar-refractivity contribution in [2.75, 3.05) is 0 Å². The lowest BCUT2D eigenvalue weighted by atomic mass is 9.98. The molecule has 440 valence electrons. The molecule has 17 aromatic rings. The number of fused-ring (bicyclic) bond motifs is 15.